The van der Waals surface area contributed by atoms with Crippen LogP contribution in [0, 0.1) is 0 Å². The summed E-state index contributed by atoms with van der Waals surface area (Å²) in [5.41, 5.74) is 8.02. The molecule has 1 atom stereocenters. The summed E-state index contributed by atoms with van der Waals surface area (Å²) in [4.78, 5) is 30.1. The highest BCUT2D eigenvalue weighted by atomic mass is 35.5. The van der Waals surface area contributed by atoms with Gasteiger partial charge in [-0.05, 0) is 49.4 Å². The van der Waals surface area contributed by atoms with Crippen LogP contribution in [0.4, 0.5) is 10.6 Å². The van der Waals surface area contributed by atoms with Crippen molar-refractivity contribution in [3.05, 3.63) is 63.5 Å². The van der Waals surface area contributed by atoms with Crippen molar-refractivity contribution in [2.75, 3.05) is 18.0 Å². The molecule has 6 rings (SSSR count). The summed E-state index contributed by atoms with van der Waals surface area (Å²) in [5, 5.41) is 7.65. The molecule has 3 fully saturated rings. The van der Waals surface area contributed by atoms with Crippen LogP contribution >= 0.6 is 23.2 Å². The molecule has 12 heteroatoms. The van der Waals surface area contributed by atoms with Crippen LogP contribution in [0.25, 0.3) is 11.3 Å². The van der Waals surface area contributed by atoms with Crippen molar-refractivity contribution in [1.82, 2.24) is 26.3 Å². The number of hydrogen-bond donors (Lipinski definition) is 3. The summed E-state index contributed by atoms with van der Waals surface area (Å²) in [7, 11) is 0. The molecule has 38 heavy (non-hydrogen) atoms. The number of amides is 3. The minimum absolute atomic E-state index is 0.0841. The number of anilines is 1. The number of pyridine rings is 1. The van der Waals surface area contributed by atoms with Crippen LogP contribution in [0.2, 0.25) is 10.0 Å². The van der Waals surface area contributed by atoms with E-state index in [1.54, 1.807) is 18.3 Å². The summed E-state index contributed by atoms with van der Waals surface area (Å²) in [6.45, 7) is 1.96. The number of nitrogens with one attached hydrogen (secondary N) is 3. The second-order valence-electron chi connectivity index (χ2n) is 9.71. The van der Waals surface area contributed by atoms with Crippen molar-refractivity contribution in [3.63, 3.8) is 0 Å². The summed E-state index contributed by atoms with van der Waals surface area (Å²) < 4.78 is 12.1. The predicted octanol–water partition coefficient (Wildman–Crippen LogP) is 4.49. The maximum atomic E-state index is 12.1. The Hall–Kier alpha value is -3.18. The molecular formula is C26H26Cl2N6O4. The summed E-state index contributed by atoms with van der Waals surface area (Å²) >= 11 is 12.9. The zero-order valence-electron chi connectivity index (χ0n) is 20.4. The quantitative estimate of drug-likeness (QED) is 0.389. The van der Waals surface area contributed by atoms with Gasteiger partial charge in [0.2, 0.25) is 0 Å². The Morgan fingerprint density at radius 2 is 1.82 bits per heavy atom. The standard InChI is InChI=1S/C26H26Cl2N6O4/c27-18-2-1-3-19(28)21(18)23-17(24(38-33-23)14-4-5-14)13-37-16-8-10-34(11-9-16)20-7-6-15(12-29-20)22-25(35)30-26(36)32-31-22/h1-3,6-7,12,14,16,22,31H,4-5,8-11,13H2,(H2,30,32,35,36). The van der Waals surface area contributed by atoms with E-state index in [1.165, 1.54) is 0 Å². The van der Waals surface area contributed by atoms with Gasteiger partial charge < -0.3 is 14.2 Å². The zero-order chi connectivity index (χ0) is 26.2. The molecule has 3 N–H and O–H groups in total. The molecule has 0 radical (unpaired) electrons. The Morgan fingerprint density at radius 3 is 2.47 bits per heavy atom. The van der Waals surface area contributed by atoms with E-state index in [-0.39, 0.29) is 6.10 Å². The van der Waals surface area contributed by atoms with Gasteiger partial charge in [0, 0.05) is 36.3 Å². The normalized spacial score (nSPS) is 20.4. The number of hydrazine groups is 1. The van der Waals surface area contributed by atoms with Gasteiger partial charge in [-0.2, -0.15) is 0 Å². The number of piperidine rings is 1. The first-order chi connectivity index (χ1) is 18.5. The van der Waals surface area contributed by atoms with Gasteiger partial charge in [0.15, 0.2) is 0 Å². The smallest absolute Gasteiger partial charge is 0.335 e. The Labute approximate surface area is 229 Å². The number of halogens is 2. The van der Waals surface area contributed by atoms with Crippen LogP contribution in [0.15, 0.2) is 41.1 Å². The lowest BCUT2D eigenvalue weighted by Crippen LogP contribution is -2.58. The number of hydrogen-bond acceptors (Lipinski definition) is 8. The van der Waals surface area contributed by atoms with Crippen LogP contribution in [-0.4, -0.2) is 41.3 Å². The van der Waals surface area contributed by atoms with Gasteiger partial charge in [-0.1, -0.05) is 40.5 Å². The average Bonchev–Trinajstić information content (AvgIpc) is 3.68. The van der Waals surface area contributed by atoms with Crippen LogP contribution < -0.4 is 21.1 Å². The number of imide groups is 1. The van der Waals surface area contributed by atoms with E-state index in [2.05, 4.69) is 31.2 Å². The molecule has 4 heterocycles. The fourth-order valence-corrected chi connectivity index (χ4v) is 5.49. The Kier molecular flexibility index (Phi) is 6.96. The second kappa shape index (κ2) is 10.5. The van der Waals surface area contributed by atoms with E-state index in [0.29, 0.717) is 39.4 Å². The van der Waals surface area contributed by atoms with Crippen molar-refractivity contribution in [1.29, 1.82) is 0 Å². The highest BCUT2D eigenvalue weighted by Gasteiger charge is 2.34. The number of benzene rings is 1. The van der Waals surface area contributed by atoms with Crippen molar-refractivity contribution in [2.24, 2.45) is 0 Å². The Morgan fingerprint density at radius 1 is 1.05 bits per heavy atom. The molecule has 1 aliphatic carbocycles. The molecule has 3 amide bonds. The molecule has 0 spiro atoms. The van der Waals surface area contributed by atoms with Gasteiger partial charge >= 0.3 is 6.03 Å². The fraction of sp³-hybridized carbons (Fsp3) is 0.385. The summed E-state index contributed by atoms with van der Waals surface area (Å²) in [6.07, 6.45) is 5.58. The Bertz CT molecular complexity index is 1330. The first-order valence-electron chi connectivity index (χ1n) is 12.6. The largest absolute Gasteiger partial charge is 0.373 e. The number of nitrogens with zero attached hydrogens (tertiary/aromatic N) is 3. The number of carbonyl (C=O) groups is 2. The van der Waals surface area contributed by atoms with E-state index in [9.17, 15) is 9.59 Å². The van der Waals surface area contributed by atoms with E-state index < -0.39 is 18.0 Å². The molecule has 1 unspecified atom stereocenters. The fourth-order valence-electron chi connectivity index (χ4n) is 4.91. The summed E-state index contributed by atoms with van der Waals surface area (Å²) in [6, 6.07) is 7.88. The lowest BCUT2D eigenvalue weighted by Gasteiger charge is -2.33. The van der Waals surface area contributed by atoms with E-state index in [1.807, 2.05) is 18.2 Å². The van der Waals surface area contributed by atoms with Crippen molar-refractivity contribution >= 4 is 41.0 Å². The topological polar surface area (TPSA) is 122 Å². The van der Waals surface area contributed by atoms with Crippen molar-refractivity contribution in [2.45, 2.75) is 50.4 Å². The SMILES string of the molecule is O=C1NNC(c2ccc(N3CCC(OCc4c(-c5c(Cl)cccc5Cl)noc4C4CC4)CC3)nc2)C(=O)N1. The first-order valence-corrected chi connectivity index (χ1v) is 13.3. The van der Waals surface area contributed by atoms with E-state index in [0.717, 1.165) is 55.9 Å². The average molecular weight is 557 g/mol. The second-order valence-corrected chi connectivity index (χ2v) is 10.5. The molecule has 3 aliphatic rings. The number of urea groups is 1. The molecule has 198 valence electrons. The number of ether oxygens (including phenoxy) is 1. The molecule has 3 aromatic rings. The molecule has 10 nitrogen and oxygen atoms in total. The van der Waals surface area contributed by atoms with Gasteiger partial charge in [-0.15, -0.1) is 0 Å². The van der Waals surface area contributed by atoms with E-state index in [4.69, 9.17) is 32.5 Å². The van der Waals surface area contributed by atoms with Crippen molar-refractivity contribution in [3.8, 4) is 11.3 Å². The highest BCUT2D eigenvalue weighted by molar-refractivity contribution is 6.39. The molecule has 1 aromatic carbocycles. The van der Waals surface area contributed by atoms with Gasteiger partial charge in [-0.3, -0.25) is 15.5 Å². The van der Waals surface area contributed by atoms with Crippen LogP contribution in [-0.2, 0) is 16.1 Å². The molecule has 1 saturated carbocycles. The molecule has 2 aliphatic heterocycles. The van der Waals surface area contributed by atoms with Gasteiger partial charge in [-0.25, -0.2) is 15.2 Å². The maximum Gasteiger partial charge on any atom is 0.335 e. The lowest BCUT2D eigenvalue weighted by atomic mass is 10.0. The molecule has 2 saturated heterocycles. The van der Waals surface area contributed by atoms with Crippen LogP contribution in [0.3, 0.4) is 0 Å². The third-order valence-electron chi connectivity index (χ3n) is 7.13. The number of rotatable bonds is 7. The number of carbonyl (C=O) groups excluding carboxylic acids is 2. The van der Waals surface area contributed by atoms with Crippen LogP contribution in [0.5, 0.6) is 0 Å². The van der Waals surface area contributed by atoms with Crippen molar-refractivity contribution < 1.29 is 18.8 Å². The lowest BCUT2D eigenvalue weighted by molar-refractivity contribution is -0.123. The highest BCUT2D eigenvalue weighted by Crippen LogP contribution is 2.46. The molecule has 2 aromatic heterocycles. The molecule has 0 bridgehead atoms. The van der Waals surface area contributed by atoms with Crippen LogP contribution in [0.1, 0.15) is 54.5 Å². The summed E-state index contributed by atoms with van der Waals surface area (Å²) in [5.74, 6) is 1.66. The third-order valence-corrected chi connectivity index (χ3v) is 7.76. The minimum Gasteiger partial charge on any atom is -0.373 e. The predicted molar refractivity (Wildman–Crippen MR) is 141 cm³/mol. The first kappa shape index (κ1) is 25.1. The van der Waals surface area contributed by atoms with Gasteiger partial charge in [0.05, 0.1) is 22.8 Å². The monoisotopic (exact) mass is 556 g/mol. The maximum absolute atomic E-state index is 12.1. The third kappa shape index (κ3) is 5.09. The Balaban J connectivity index is 1.08. The minimum atomic E-state index is -0.683. The van der Waals surface area contributed by atoms with Gasteiger partial charge in [0.1, 0.15) is 23.3 Å². The van der Waals surface area contributed by atoms with E-state index >= 15 is 0 Å². The van der Waals surface area contributed by atoms with Gasteiger partial charge in [0.25, 0.3) is 5.91 Å². The zero-order valence-corrected chi connectivity index (χ0v) is 21.9. The molecular weight excluding hydrogens is 531 g/mol. The number of aromatic nitrogens is 2.